The van der Waals surface area contributed by atoms with E-state index in [9.17, 15) is 4.79 Å². The molecule has 0 spiro atoms. The molecule has 1 aromatic heterocycles. The third kappa shape index (κ3) is 2.89. The second-order valence-corrected chi connectivity index (χ2v) is 6.26. The summed E-state index contributed by atoms with van der Waals surface area (Å²) in [6, 6.07) is 25.2. The molecular weight excluding hydrogens is 310 g/mol. The summed E-state index contributed by atoms with van der Waals surface area (Å²) in [5, 5.41) is 12.6. The lowest BCUT2D eigenvalue weighted by molar-refractivity contribution is -0.137. The minimum atomic E-state index is -0.747. The van der Waals surface area contributed by atoms with Gasteiger partial charge in [0.1, 0.15) is 0 Å². The van der Waals surface area contributed by atoms with E-state index in [4.69, 9.17) is 5.11 Å². The first-order valence-corrected chi connectivity index (χ1v) is 8.52. The Bertz CT molecular complexity index is 1050. The largest absolute Gasteiger partial charge is 0.481 e. The van der Waals surface area contributed by atoms with Crippen LogP contribution in [0.1, 0.15) is 12.8 Å². The number of nitrogens with zero attached hydrogens (tertiary/aromatic N) is 1. The van der Waals surface area contributed by atoms with E-state index in [2.05, 4.69) is 59.2 Å². The molecule has 4 aromatic rings. The minimum absolute atomic E-state index is 0.182. The molecule has 0 saturated heterocycles. The summed E-state index contributed by atoms with van der Waals surface area (Å²) in [5.41, 5.74) is 3.44. The summed E-state index contributed by atoms with van der Waals surface area (Å²) in [4.78, 5) is 10.9. The van der Waals surface area contributed by atoms with Crippen molar-refractivity contribution in [2.24, 2.45) is 0 Å². The standard InChI is InChI=1S/C22H19NO2/c24-22(25)11-6-14-23-20-13-12-16-7-4-5-10-18(16)19(20)15-21(23)17-8-2-1-3-9-17/h1-5,7-10,12-13,15H,6,11,14H2,(H,24,25). The van der Waals surface area contributed by atoms with E-state index >= 15 is 0 Å². The van der Waals surface area contributed by atoms with Gasteiger partial charge < -0.3 is 9.67 Å². The molecule has 3 aromatic carbocycles. The zero-order valence-corrected chi connectivity index (χ0v) is 13.9. The monoisotopic (exact) mass is 329 g/mol. The fourth-order valence-electron chi connectivity index (χ4n) is 3.49. The molecule has 0 saturated carbocycles. The van der Waals surface area contributed by atoms with Crippen LogP contribution >= 0.6 is 0 Å². The molecule has 0 aliphatic heterocycles. The number of hydrogen-bond acceptors (Lipinski definition) is 1. The molecule has 0 bridgehead atoms. The van der Waals surface area contributed by atoms with Gasteiger partial charge in [0, 0.05) is 29.6 Å². The highest BCUT2D eigenvalue weighted by molar-refractivity contribution is 6.08. The van der Waals surface area contributed by atoms with Crippen molar-refractivity contribution < 1.29 is 9.90 Å². The van der Waals surface area contributed by atoms with Gasteiger partial charge in [-0.25, -0.2) is 0 Å². The van der Waals surface area contributed by atoms with Crippen LogP contribution in [0.15, 0.2) is 72.8 Å². The number of fused-ring (bicyclic) bond motifs is 3. The summed E-state index contributed by atoms with van der Waals surface area (Å²) < 4.78 is 2.25. The van der Waals surface area contributed by atoms with Crippen molar-refractivity contribution in [2.45, 2.75) is 19.4 Å². The van der Waals surface area contributed by atoms with Crippen molar-refractivity contribution >= 4 is 27.6 Å². The van der Waals surface area contributed by atoms with Gasteiger partial charge in [0.25, 0.3) is 0 Å². The Morgan fingerprint density at radius 3 is 2.44 bits per heavy atom. The first-order valence-electron chi connectivity index (χ1n) is 8.52. The number of aliphatic carboxylic acids is 1. The predicted molar refractivity (Wildman–Crippen MR) is 102 cm³/mol. The van der Waals surface area contributed by atoms with E-state index in [0.29, 0.717) is 13.0 Å². The smallest absolute Gasteiger partial charge is 0.303 e. The van der Waals surface area contributed by atoms with Gasteiger partial charge in [-0.2, -0.15) is 0 Å². The average Bonchev–Trinajstić information content (AvgIpc) is 3.01. The Balaban J connectivity index is 1.91. The number of carbonyl (C=O) groups is 1. The topological polar surface area (TPSA) is 42.2 Å². The second-order valence-electron chi connectivity index (χ2n) is 6.26. The molecule has 25 heavy (non-hydrogen) atoms. The molecule has 3 heteroatoms. The molecule has 1 heterocycles. The van der Waals surface area contributed by atoms with Crippen LogP contribution in [0.4, 0.5) is 0 Å². The van der Waals surface area contributed by atoms with Gasteiger partial charge >= 0.3 is 5.97 Å². The Morgan fingerprint density at radius 1 is 0.880 bits per heavy atom. The van der Waals surface area contributed by atoms with Gasteiger partial charge in [-0.05, 0) is 34.9 Å². The summed E-state index contributed by atoms with van der Waals surface area (Å²) in [6.45, 7) is 0.693. The minimum Gasteiger partial charge on any atom is -0.481 e. The Labute approximate surface area is 146 Å². The number of aromatic nitrogens is 1. The summed E-state index contributed by atoms with van der Waals surface area (Å²) >= 11 is 0. The van der Waals surface area contributed by atoms with Gasteiger partial charge in [0.15, 0.2) is 0 Å². The van der Waals surface area contributed by atoms with Crippen LogP contribution in [-0.4, -0.2) is 15.6 Å². The lowest BCUT2D eigenvalue weighted by atomic mass is 10.1. The third-order valence-electron chi connectivity index (χ3n) is 4.65. The van der Waals surface area contributed by atoms with Crippen LogP contribution in [0.2, 0.25) is 0 Å². The normalized spacial score (nSPS) is 11.2. The Morgan fingerprint density at radius 2 is 1.64 bits per heavy atom. The van der Waals surface area contributed by atoms with Crippen LogP contribution in [-0.2, 0) is 11.3 Å². The van der Waals surface area contributed by atoms with Crippen molar-refractivity contribution in [1.82, 2.24) is 4.57 Å². The molecule has 3 nitrogen and oxygen atoms in total. The van der Waals surface area contributed by atoms with Gasteiger partial charge in [0.2, 0.25) is 0 Å². The highest BCUT2D eigenvalue weighted by Crippen LogP contribution is 2.33. The Hall–Kier alpha value is -3.07. The molecular formula is C22H19NO2. The quantitative estimate of drug-likeness (QED) is 0.538. The molecule has 0 unspecified atom stereocenters. The molecule has 4 rings (SSSR count). The van der Waals surface area contributed by atoms with Crippen molar-refractivity contribution in [2.75, 3.05) is 0 Å². The van der Waals surface area contributed by atoms with E-state index in [1.165, 1.54) is 16.2 Å². The summed E-state index contributed by atoms with van der Waals surface area (Å²) in [6.07, 6.45) is 0.799. The van der Waals surface area contributed by atoms with Gasteiger partial charge in [-0.1, -0.05) is 60.7 Å². The van der Waals surface area contributed by atoms with Gasteiger partial charge in [-0.3, -0.25) is 4.79 Å². The molecule has 0 atom stereocenters. The first-order chi connectivity index (χ1) is 12.2. The van der Waals surface area contributed by atoms with E-state index < -0.39 is 5.97 Å². The maximum Gasteiger partial charge on any atom is 0.303 e. The van der Waals surface area contributed by atoms with E-state index in [1.807, 2.05) is 18.2 Å². The maximum atomic E-state index is 10.9. The zero-order valence-electron chi connectivity index (χ0n) is 13.9. The lowest BCUT2D eigenvalue weighted by Gasteiger charge is -2.11. The molecule has 1 N–H and O–H groups in total. The van der Waals surface area contributed by atoms with Crippen molar-refractivity contribution in [3.63, 3.8) is 0 Å². The SMILES string of the molecule is O=C(O)CCCn1c(-c2ccccc2)cc2c3ccccc3ccc21. The molecule has 0 fully saturated rings. The van der Waals surface area contributed by atoms with E-state index in [-0.39, 0.29) is 6.42 Å². The number of carboxylic acid groups (broad SMARTS) is 1. The molecule has 0 aliphatic rings. The third-order valence-corrected chi connectivity index (χ3v) is 4.65. The number of aryl methyl sites for hydroxylation is 1. The number of hydrogen-bond donors (Lipinski definition) is 1. The number of carboxylic acids is 1. The van der Waals surface area contributed by atoms with Gasteiger partial charge in [0.05, 0.1) is 0 Å². The number of benzene rings is 3. The first kappa shape index (κ1) is 15.5. The predicted octanol–water partition coefficient (Wildman–Crippen LogP) is 5.33. The lowest BCUT2D eigenvalue weighted by Crippen LogP contribution is -2.03. The highest BCUT2D eigenvalue weighted by atomic mass is 16.4. The second kappa shape index (κ2) is 6.44. The van der Waals surface area contributed by atoms with Crippen molar-refractivity contribution in [3.05, 3.63) is 72.8 Å². The molecule has 0 aliphatic carbocycles. The molecule has 0 radical (unpaired) electrons. The van der Waals surface area contributed by atoms with Crippen LogP contribution in [0.5, 0.6) is 0 Å². The maximum absolute atomic E-state index is 10.9. The van der Waals surface area contributed by atoms with Crippen molar-refractivity contribution in [1.29, 1.82) is 0 Å². The summed E-state index contributed by atoms with van der Waals surface area (Å²) in [5.74, 6) is -0.747. The average molecular weight is 329 g/mol. The molecule has 0 amide bonds. The van der Waals surface area contributed by atoms with Crippen LogP contribution in [0.25, 0.3) is 32.9 Å². The molecule has 124 valence electrons. The van der Waals surface area contributed by atoms with Crippen molar-refractivity contribution in [3.8, 4) is 11.3 Å². The fourth-order valence-corrected chi connectivity index (χ4v) is 3.49. The Kier molecular flexibility index (Phi) is 3.98. The summed E-state index contributed by atoms with van der Waals surface area (Å²) in [7, 11) is 0. The highest BCUT2D eigenvalue weighted by Gasteiger charge is 2.13. The van der Waals surface area contributed by atoms with E-state index in [1.54, 1.807) is 0 Å². The van der Waals surface area contributed by atoms with Crippen LogP contribution in [0, 0.1) is 0 Å². The fraction of sp³-hybridized carbons (Fsp3) is 0.136. The van der Waals surface area contributed by atoms with E-state index in [0.717, 1.165) is 16.8 Å². The zero-order chi connectivity index (χ0) is 17.2. The van der Waals surface area contributed by atoms with Crippen LogP contribution in [0.3, 0.4) is 0 Å². The van der Waals surface area contributed by atoms with Crippen LogP contribution < -0.4 is 0 Å². The van der Waals surface area contributed by atoms with Gasteiger partial charge in [-0.15, -0.1) is 0 Å². The number of rotatable bonds is 5.